The molecule has 6 heterocycles. The molecule has 7 aromatic rings. The van der Waals surface area contributed by atoms with Gasteiger partial charge in [0.1, 0.15) is 0 Å². The molecule has 164 valence electrons. The number of thiophene rings is 6. The van der Waals surface area contributed by atoms with E-state index >= 15 is 0 Å². The van der Waals surface area contributed by atoms with Crippen LogP contribution in [0.3, 0.4) is 0 Å². The molecule has 1 aromatic carbocycles. The first-order chi connectivity index (χ1) is 16.7. The van der Waals surface area contributed by atoms with Crippen LogP contribution < -0.4 is 0 Å². The molecule has 6 heteroatoms. The molecule has 2 atom stereocenters. The number of benzene rings is 1. The fourth-order valence-corrected chi connectivity index (χ4v) is 13.6. The SMILES string of the molecule is CC1c2cc3c(cc2-c2sc4ccsc4c21)C(C)c1c-3sc2cc(-c3cc4sccc4s3)sc12. The Morgan fingerprint density at radius 3 is 1.94 bits per heavy atom. The molecule has 0 nitrogen and oxygen atoms in total. The zero-order valence-corrected chi connectivity index (χ0v) is 23.1. The lowest BCUT2D eigenvalue weighted by molar-refractivity contribution is 0.955. The lowest BCUT2D eigenvalue weighted by Gasteiger charge is -2.12. The van der Waals surface area contributed by atoms with Crippen LogP contribution in [0.25, 0.3) is 58.8 Å². The molecule has 0 N–H and O–H groups in total. The van der Waals surface area contributed by atoms with Crippen molar-refractivity contribution in [3.8, 4) is 30.6 Å². The topological polar surface area (TPSA) is 0 Å². The smallest absolute Gasteiger partial charge is 0.0502 e. The molecule has 0 bridgehead atoms. The number of rotatable bonds is 1. The van der Waals surface area contributed by atoms with Gasteiger partial charge in [-0.2, -0.15) is 0 Å². The van der Waals surface area contributed by atoms with E-state index in [1.165, 1.54) is 70.0 Å². The second-order valence-electron chi connectivity index (χ2n) is 9.34. The summed E-state index contributed by atoms with van der Waals surface area (Å²) in [5.74, 6) is 0.949. The van der Waals surface area contributed by atoms with Crippen molar-refractivity contribution >= 4 is 96.2 Å². The predicted octanol–water partition coefficient (Wildman–Crippen LogP) is 11.4. The molecule has 2 aliphatic carbocycles. The quantitative estimate of drug-likeness (QED) is 0.193. The van der Waals surface area contributed by atoms with Crippen LogP contribution in [0.5, 0.6) is 0 Å². The van der Waals surface area contributed by atoms with E-state index < -0.39 is 0 Å². The molecule has 0 radical (unpaired) electrons. The minimum Gasteiger partial charge on any atom is -0.143 e. The predicted molar refractivity (Wildman–Crippen MR) is 158 cm³/mol. The van der Waals surface area contributed by atoms with Crippen LogP contribution >= 0.6 is 68.0 Å². The normalized spacial score (nSPS) is 18.3. The van der Waals surface area contributed by atoms with E-state index in [2.05, 4.69) is 61.0 Å². The van der Waals surface area contributed by atoms with Gasteiger partial charge in [0.25, 0.3) is 0 Å². The largest absolute Gasteiger partial charge is 0.143 e. The molecular formula is C28H16S6. The van der Waals surface area contributed by atoms with Crippen LogP contribution in [0.4, 0.5) is 0 Å². The van der Waals surface area contributed by atoms with E-state index in [0.717, 1.165) is 0 Å². The summed E-state index contributed by atoms with van der Waals surface area (Å²) in [6.45, 7) is 4.84. The summed E-state index contributed by atoms with van der Waals surface area (Å²) in [5, 5.41) is 4.45. The highest BCUT2D eigenvalue weighted by Crippen LogP contribution is 2.60. The number of fused-ring (bicyclic) bond motifs is 11. The number of hydrogen-bond donors (Lipinski definition) is 0. The zero-order chi connectivity index (χ0) is 22.3. The van der Waals surface area contributed by atoms with E-state index in [4.69, 9.17) is 0 Å². The molecule has 2 unspecified atom stereocenters. The Kier molecular flexibility index (Phi) is 3.70. The second kappa shape index (κ2) is 6.49. The summed E-state index contributed by atoms with van der Waals surface area (Å²) in [4.78, 5) is 5.90. The molecule has 0 aliphatic heterocycles. The van der Waals surface area contributed by atoms with Gasteiger partial charge in [0.15, 0.2) is 0 Å². The van der Waals surface area contributed by atoms with Crippen molar-refractivity contribution in [1.82, 2.24) is 0 Å². The molecule has 9 rings (SSSR count). The second-order valence-corrected chi connectivity index (χ2v) is 15.4. The van der Waals surface area contributed by atoms with E-state index in [1.807, 2.05) is 68.0 Å². The van der Waals surface area contributed by atoms with Crippen molar-refractivity contribution in [3.05, 3.63) is 69.4 Å². The summed E-state index contributed by atoms with van der Waals surface area (Å²) in [6, 6.07) is 14.5. The van der Waals surface area contributed by atoms with Crippen molar-refractivity contribution in [3.63, 3.8) is 0 Å². The molecule has 0 saturated heterocycles. The van der Waals surface area contributed by atoms with Crippen LogP contribution in [-0.4, -0.2) is 0 Å². The number of hydrogen-bond acceptors (Lipinski definition) is 6. The molecule has 0 saturated carbocycles. The fourth-order valence-electron chi connectivity index (χ4n) is 6.00. The van der Waals surface area contributed by atoms with Gasteiger partial charge in [-0.05, 0) is 80.5 Å². The highest BCUT2D eigenvalue weighted by atomic mass is 32.1. The van der Waals surface area contributed by atoms with E-state index in [0.29, 0.717) is 11.8 Å². The minimum absolute atomic E-state index is 0.461. The van der Waals surface area contributed by atoms with Crippen LogP contribution in [-0.2, 0) is 0 Å². The molecule has 0 fully saturated rings. The van der Waals surface area contributed by atoms with E-state index in [-0.39, 0.29) is 0 Å². The van der Waals surface area contributed by atoms with Crippen molar-refractivity contribution in [2.45, 2.75) is 25.7 Å². The molecule has 0 spiro atoms. The standard InChI is InChI=1S/C28H16S6/c1-11-13-7-16-14(8-15(13)25-23(11)27-18(32-25)4-6-30-27)12(2)24-26(16)34-22-10-21(33-28(22)24)20-9-19-17(31-20)3-5-29-19/h3-12H,1-2H3. The highest BCUT2D eigenvalue weighted by molar-refractivity contribution is 7.34. The Balaban J connectivity index is 1.21. The van der Waals surface area contributed by atoms with Gasteiger partial charge in [-0.3, -0.25) is 0 Å². The zero-order valence-electron chi connectivity index (χ0n) is 18.2. The van der Waals surface area contributed by atoms with Crippen molar-refractivity contribution in [2.24, 2.45) is 0 Å². The molecule has 6 aromatic heterocycles. The van der Waals surface area contributed by atoms with Crippen molar-refractivity contribution in [1.29, 1.82) is 0 Å². The van der Waals surface area contributed by atoms with Gasteiger partial charge in [-0.1, -0.05) is 13.8 Å². The van der Waals surface area contributed by atoms with Crippen molar-refractivity contribution in [2.75, 3.05) is 0 Å². The third kappa shape index (κ3) is 2.28. The third-order valence-electron chi connectivity index (χ3n) is 7.62. The Morgan fingerprint density at radius 2 is 1.18 bits per heavy atom. The first-order valence-corrected chi connectivity index (χ1v) is 16.4. The maximum Gasteiger partial charge on any atom is 0.0502 e. The van der Waals surface area contributed by atoms with Crippen LogP contribution in [0.1, 0.15) is 47.9 Å². The van der Waals surface area contributed by atoms with E-state index in [9.17, 15) is 0 Å². The van der Waals surface area contributed by atoms with Gasteiger partial charge in [-0.15, -0.1) is 68.0 Å². The first-order valence-electron chi connectivity index (χ1n) is 11.4. The van der Waals surface area contributed by atoms with Crippen LogP contribution in [0, 0.1) is 0 Å². The Morgan fingerprint density at radius 1 is 0.559 bits per heavy atom. The Hall–Kier alpha value is -1.80. The van der Waals surface area contributed by atoms with Gasteiger partial charge in [0, 0.05) is 54.8 Å². The average molecular weight is 545 g/mol. The van der Waals surface area contributed by atoms with Gasteiger partial charge in [0.05, 0.1) is 4.70 Å². The monoisotopic (exact) mass is 544 g/mol. The first kappa shape index (κ1) is 19.4. The lowest BCUT2D eigenvalue weighted by atomic mass is 9.93. The summed E-state index contributed by atoms with van der Waals surface area (Å²) >= 11 is 11.7. The summed E-state index contributed by atoms with van der Waals surface area (Å²) in [5.41, 5.74) is 9.22. The third-order valence-corrected chi connectivity index (χ3v) is 14.7. The molecule has 0 amide bonds. The molecule has 34 heavy (non-hydrogen) atoms. The van der Waals surface area contributed by atoms with Gasteiger partial charge in [-0.25, -0.2) is 0 Å². The summed E-state index contributed by atoms with van der Waals surface area (Å²) in [7, 11) is 0. The molecule has 2 aliphatic rings. The van der Waals surface area contributed by atoms with Gasteiger partial charge in [0.2, 0.25) is 0 Å². The van der Waals surface area contributed by atoms with Crippen LogP contribution in [0.15, 0.2) is 47.2 Å². The maximum atomic E-state index is 2.55. The lowest BCUT2D eigenvalue weighted by Crippen LogP contribution is -1.93. The summed E-state index contributed by atoms with van der Waals surface area (Å²) < 4.78 is 8.78. The minimum atomic E-state index is 0.461. The average Bonchev–Trinajstić information content (AvgIpc) is 3.62. The Labute approximate surface area is 220 Å². The fraction of sp³-hybridized carbons (Fsp3) is 0.143. The van der Waals surface area contributed by atoms with Gasteiger partial charge < -0.3 is 0 Å². The van der Waals surface area contributed by atoms with Gasteiger partial charge >= 0.3 is 0 Å². The van der Waals surface area contributed by atoms with Crippen LogP contribution in [0.2, 0.25) is 0 Å². The van der Waals surface area contributed by atoms with E-state index in [1.54, 1.807) is 11.1 Å². The van der Waals surface area contributed by atoms with Crippen molar-refractivity contribution < 1.29 is 0 Å². The Bertz CT molecular complexity index is 1930. The maximum absolute atomic E-state index is 2.55. The molecular weight excluding hydrogens is 529 g/mol. The highest BCUT2D eigenvalue weighted by Gasteiger charge is 2.36. The summed E-state index contributed by atoms with van der Waals surface area (Å²) in [6.07, 6.45) is 0.